The van der Waals surface area contributed by atoms with Crippen molar-refractivity contribution in [2.75, 3.05) is 20.3 Å². The lowest BCUT2D eigenvalue weighted by Gasteiger charge is -2.21. The van der Waals surface area contributed by atoms with E-state index in [1.54, 1.807) is 20.8 Å². The van der Waals surface area contributed by atoms with E-state index < -0.39 is 29.8 Å². The molecule has 0 spiro atoms. The molecule has 0 aliphatic rings. The van der Waals surface area contributed by atoms with E-state index >= 15 is 0 Å². The highest BCUT2D eigenvalue weighted by Gasteiger charge is 2.24. The first kappa shape index (κ1) is 20.0. The Hall–Kier alpha value is -1.99. The molecule has 8 heteroatoms. The van der Waals surface area contributed by atoms with Gasteiger partial charge in [-0.15, -0.1) is 0 Å². The highest BCUT2D eigenvalue weighted by atomic mass is 16.6. The van der Waals surface area contributed by atoms with Crippen molar-refractivity contribution in [1.29, 1.82) is 0 Å². The molecule has 0 bridgehead atoms. The van der Waals surface area contributed by atoms with E-state index in [-0.39, 0.29) is 13.2 Å². The molecule has 0 aromatic rings. The summed E-state index contributed by atoms with van der Waals surface area (Å²) in [6, 6.07) is -1.05. The number of carbonyl (C=O) groups excluding carboxylic acids is 3. The Bertz CT molecular complexity index is 378. The minimum absolute atomic E-state index is 0.162. The van der Waals surface area contributed by atoms with E-state index in [2.05, 4.69) is 15.4 Å². The van der Waals surface area contributed by atoms with Crippen molar-refractivity contribution >= 4 is 18.2 Å². The van der Waals surface area contributed by atoms with E-state index in [1.807, 2.05) is 6.92 Å². The van der Waals surface area contributed by atoms with Gasteiger partial charge in [-0.25, -0.2) is 14.4 Å². The average Bonchev–Trinajstić information content (AvgIpc) is 2.41. The summed E-state index contributed by atoms with van der Waals surface area (Å²) in [4.78, 5) is 34.7. The zero-order valence-electron chi connectivity index (χ0n) is 13.9. The topological polar surface area (TPSA) is 103 Å². The van der Waals surface area contributed by atoms with Gasteiger partial charge in [-0.2, -0.15) is 0 Å². The molecule has 0 aromatic heterocycles. The molecule has 0 aliphatic carbocycles. The third-order valence-electron chi connectivity index (χ3n) is 2.36. The van der Waals surface area contributed by atoms with Crippen LogP contribution in [0.2, 0.25) is 0 Å². The van der Waals surface area contributed by atoms with E-state index in [4.69, 9.17) is 9.47 Å². The minimum Gasteiger partial charge on any atom is -0.467 e. The Balaban J connectivity index is 4.38. The largest absolute Gasteiger partial charge is 0.467 e. The Morgan fingerprint density at radius 2 is 1.77 bits per heavy atom. The van der Waals surface area contributed by atoms with Gasteiger partial charge in [0.25, 0.3) is 0 Å². The summed E-state index contributed by atoms with van der Waals surface area (Å²) < 4.78 is 14.5. The SMILES string of the molecule is CCCCOC(=O)NC(CNC(=O)OC(C)(C)C)C(=O)OC. The Kier molecular flexibility index (Phi) is 8.97. The van der Waals surface area contributed by atoms with Gasteiger partial charge in [0.15, 0.2) is 0 Å². The van der Waals surface area contributed by atoms with E-state index in [0.717, 1.165) is 12.8 Å². The van der Waals surface area contributed by atoms with Crippen LogP contribution < -0.4 is 10.6 Å². The summed E-state index contributed by atoms with van der Waals surface area (Å²) in [5, 5.41) is 4.73. The Labute approximate surface area is 130 Å². The number of methoxy groups -OCH3 is 1. The van der Waals surface area contributed by atoms with Gasteiger partial charge in [-0.3, -0.25) is 0 Å². The van der Waals surface area contributed by atoms with Crippen molar-refractivity contribution in [2.45, 2.75) is 52.2 Å². The summed E-state index contributed by atoms with van der Waals surface area (Å²) in [5.41, 5.74) is -0.655. The minimum atomic E-state index is -1.05. The smallest absolute Gasteiger partial charge is 0.407 e. The molecule has 0 saturated carbocycles. The van der Waals surface area contributed by atoms with Crippen LogP contribution in [0.5, 0.6) is 0 Å². The van der Waals surface area contributed by atoms with Gasteiger partial charge in [0.05, 0.1) is 20.3 Å². The number of amides is 2. The maximum atomic E-state index is 11.6. The third-order valence-corrected chi connectivity index (χ3v) is 2.36. The molecule has 22 heavy (non-hydrogen) atoms. The molecule has 0 aromatic carbocycles. The predicted octanol–water partition coefficient (Wildman–Crippen LogP) is 1.58. The van der Waals surface area contributed by atoms with Crippen molar-refractivity contribution in [2.24, 2.45) is 0 Å². The molecule has 0 saturated heterocycles. The highest BCUT2D eigenvalue weighted by molar-refractivity contribution is 5.82. The number of hydrogen-bond donors (Lipinski definition) is 2. The molecule has 2 amide bonds. The highest BCUT2D eigenvalue weighted by Crippen LogP contribution is 2.06. The monoisotopic (exact) mass is 318 g/mol. The average molecular weight is 318 g/mol. The number of ether oxygens (including phenoxy) is 3. The first-order chi connectivity index (χ1) is 10.2. The van der Waals surface area contributed by atoms with Crippen LogP contribution in [0.4, 0.5) is 9.59 Å². The fraction of sp³-hybridized carbons (Fsp3) is 0.786. The normalized spacial score (nSPS) is 12.0. The summed E-state index contributed by atoms with van der Waals surface area (Å²) in [7, 11) is 1.19. The van der Waals surface area contributed by atoms with Crippen molar-refractivity contribution in [3.8, 4) is 0 Å². The first-order valence-electron chi connectivity index (χ1n) is 7.17. The second kappa shape index (κ2) is 9.86. The van der Waals surface area contributed by atoms with E-state index in [1.165, 1.54) is 7.11 Å². The lowest BCUT2D eigenvalue weighted by atomic mass is 10.2. The molecular weight excluding hydrogens is 292 g/mol. The fourth-order valence-electron chi connectivity index (χ4n) is 1.33. The lowest BCUT2D eigenvalue weighted by Crippen LogP contribution is -2.49. The van der Waals surface area contributed by atoms with Gasteiger partial charge < -0.3 is 24.8 Å². The van der Waals surface area contributed by atoms with Gasteiger partial charge in [-0.05, 0) is 27.2 Å². The number of alkyl carbamates (subject to hydrolysis) is 2. The quantitative estimate of drug-likeness (QED) is 0.420. The number of carbonyl (C=O) groups is 3. The molecular formula is C14H26N2O6. The van der Waals surface area contributed by atoms with Crippen LogP contribution in [-0.4, -0.2) is 50.1 Å². The maximum Gasteiger partial charge on any atom is 0.407 e. The van der Waals surface area contributed by atoms with Gasteiger partial charge in [0, 0.05) is 0 Å². The molecule has 8 nitrogen and oxygen atoms in total. The van der Waals surface area contributed by atoms with Crippen LogP contribution >= 0.6 is 0 Å². The third kappa shape index (κ3) is 9.84. The van der Waals surface area contributed by atoms with Crippen LogP contribution in [0, 0.1) is 0 Å². The molecule has 0 fully saturated rings. The van der Waals surface area contributed by atoms with E-state index in [0.29, 0.717) is 0 Å². The Morgan fingerprint density at radius 3 is 2.27 bits per heavy atom. The summed E-state index contributed by atoms with van der Waals surface area (Å²) in [6.45, 7) is 7.21. The first-order valence-corrected chi connectivity index (χ1v) is 7.17. The summed E-state index contributed by atoms with van der Waals surface area (Å²) >= 11 is 0. The summed E-state index contributed by atoms with van der Waals surface area (Å²) in [6.07, 6.45) is 0.179. The zero-order valence-corrected chi connectivity index (χ0v) is 13.9. The molecule has 0 aliphatic heterocycles. The lowest BCUT2D eigenvalue weighted by molar-refractivity contribution is -0.142. The number of nitrogens with one attached hydrogen (secondary N) is 2. The van der Waals surface area contributed by atoms with Gasteiger partial charge in [0.2, 0.25) is 0 Å². The molecule has 0 rings (SSSR count). The van der Waals surface area contributed by atoms with Crippen LogP contribution in [0.1, 0.15) is 40.5 Å². The number of rotatable bonds is 7. The van der Waals surface area contributed by atoms with Gasteiger partial charge >= 0.3 is 18.2 Å². The van der Waals surface area contributed by atoms with Crippen LogP contribution in [0.25, 0.3) is 0 Å². The second-order valence-corrected chi connectivity index (χ2v) is 5.59. The van der Waals surface area contributed by atoms with Crippen LogP contribution in [-0.2, 0) is 19.0 Å². The maximum absolute atomic E-state index is 11.6. The fourth-order valence-corrected chi connectivity index (χ4v) is 1.33. The molecule has 0 heterocycles. The van der Waals surface area contributed by atoms with Crippen molar-refractivity contribution in [3.63, 3.8) is 0 Å². The van der Waals surface area contributed by atoms with Crippen molar-refractivity contribution in [1.82, 2.24) is 10.6 Å². The Morgan fingerprint density at radius 1 is 1.14 bits per heavy atom. The zero-order chi connectivity index (χ0) is 17.2. The second-order valence-electron chi connectivity index (χ2n) is 5.59. The summed E-state index contributed by atoms with van der Waals surface area (Å²) in [5.74, 6) is -0.691. The van der Waals surface area contributed by atoms with Crippen LogP contribution in [0.15, 0.2) is 0 Å². The number of esters is 1. The molecule has 1 atom stereocenters. The van der Waals surface area contributed by atoms with Gasteiger partial charge in [-0.1, -0.05) is 13.3 Å². The number of unbranched alkanes of at least 4 members (excludes halogenated alkanes) is 1. The van der Waals surface area contributed by atoms with Crippen LogP contribution in [0.3, 0.4) is 0 Å². The molecule has 2 N–H and O–H groups in total. The number of hydrogen-bond acceptors (Lipinski definition) is 6. The van der Waals surface area contributed by atoms with Gasteiger partial charge in [0.1, 0.15) is 11.6 Å². The van der Waals surface area contributed by atoms with Crippen molar-refractivity contribution in [3.05, 3.63) is 0 Å². The molecule has 0 radical (unpaired) electrons. The van der Waals surface area contributed by atoms with Crippen molar-refractivity contribution < 1.29 is 28.6 Å². The molecule has 1 unspecified atom stereocenters. The molecule has 128 valence electrons. The standard InChI is InChI=1S/C14H26N2O6/c1-6-7-8-21-13(19)16-10(11(17)20-5)9-15-12(18)22-14(2,3)4/h10H,6-9H2,1-5H3,(H,15,18)(H,16,19). The predicted molar refractivity (Wildman–Crippen MR) is 79.4 cm³/mol. The van der Waals surface area contributed by atoms with E-state index in [9.17, 15) is 14.4 Å².